The van der Waals surface area contributed by atoms with Crippen LogP contribution < -0.4 is 10.5 Å². The Kier molecular flexibility index (Phi) is 6.50. The van der Waals surface area contributed by atoms with Gasteiger partial charge in [0, 0.05) is 25.7 Å². The molecule has 3 N–H and O–H groups in total. The molecule has 1 saturated carbocycles. The average Bonchev–Trinajstić information content (AvgIpc) is 3.11. The van der Waals surface area contributed by atoms with E-state index in [4.69, 9.17) is 5.73 Å². The summed E-state index contributed by atoms with van der Waals surface area (Å²) in [5.41, 5.74) is 6.03. The molecule has 0 bridgehead atoms. The van der Waals surface area contributed by atoms with Crippen molar-refractivity contribution in [3.63, 3.8) is 0 Å². The minimum Gasteiger partial charge on any atom is -0.327 e. The van der Waals surface area contributed by atoms with Gasteiger partial charge in [-0.15, -0.1) is 12.4 Å². The summed E-state index contributed by atoms with van der Waals surface area (Å²) in [4.78, 5) is 0.129. The molecule has 2 aliphatic rings. The van der Waals surface area contributed by atoms with Crippen LogP contribution in [-0.4, -0.2) is 52.6 Å². The van der Waals surface area contributed by atoms with E-state index in [1.807, 2.05) is 0 Å². The fourth-order valence-corrected chi connectivity index (χ4v) is 6.23. The van der Waals surface area contributed by atoms with E-state index in [2.05, 4.69) is 4.72 Å². The van der Waals surface area contributed by atoms with Crippen molar-refractivity contribution in [1.82, 2.24) is 9.03 Å². The summed E-state index contributed by atoms with van der Waals surface area (Å²) in [6, 6.07) is 7.99. The number of benzene rings is 1. The minimum absolute atomic E-state index is 0. The zero-order valence-corrected chi connectivity index (χ0v) is 16.2. The van der Waals surface area contributed by atoms with E-state index in [-0.39, 0.29) is 41.6 Å². The Labute approximate surface area is 155 Å². The van der Waals surface area contributed by atoms with Crippen LogP contribution in [0.4, 0.5) is 0 Å². The first kappa shape index (κ1) is 20.6. The Balaban J connectivity index is 0.00000225. The van der Waals surface area contributed by atoms with E-state index >= 15 is 0 Å². The highest BCUT2D eigenvalue weighted by Crippen LogP contribution is 2.38. The molecule has 142 valence electrons. The predicted octanol–water partition coefficient (Wildman–Crippen LogP) is 0.386. The van der Waals surface area contributed by atoms with Gasteiger partial charge in [-0.3, -0.25) is 0 Å². The highest BCUT2D eigenvalue weighted by Gasteiger charge is 2.44. The molecule has 7 nitrogen and oxygen atoms in total. The van der Waals surface area contributed by atoms with Crippen molar-refractivity contribution in [2.75, 3.05) is 25.4 Å². The first-order chi connectivity index (χ1) is 11.3. The number of hydrogen-bond acceptors (Lipinski definition) is 5. The first-order valence-corrected chi connectivity index (χ1v) is 11.2. The summed E-state index contributed by atoms with van der Waals surface area (Å²) in [5.74, 6) is 0.338. The number of fused-ring (bicyclic) bond motifs is 1. The SMILES string of the molecule is Cl.NC1CCC2CN(S(=O)(=O)CCNS(=O)(=O)c3ccccc3)CC12. The third-order valence-corrected chi connectivity index (χ3v) is 8.26. The van der Waals surface area contributed by atoms with Crippen molar-refractivity contribution in [2.45, 2.75) is 23.8 Å². The summed E-state index contributed by atoms with van der Waals surface area (Å²) in [6.07, 6.45) is 1.93. The normalized spacial score (nSPS) is 27.0. The lowest BCUT2D eigenvalue weighted by atomic mass is 9.98. The molecular formula is C15H24ClN3O4S2. The fourth-order valence-electron chi connectivity index (χ4n) is 3.61. The zero-order chi connectivity index (χ0) is 17.4. The van der Waals surface area contributed by atoms with E-state index in [1.165, 1.54) is 16.4 Å². The number of hydrogen-bond donors (Lipinski definition) is 2. The number of nitrogens with one attached hydrogen (secondary N) is 1. The van der Waals surface area contributed by atoms with Crippen LogP contribution >= 0.6 is 12.4 Å². The van der Waals surface area contributed by atoms with Crippen molar-refractivity contribution in [1.29, 1.82) is 0 Å². The quantitative estimate of drug-likeness (QED) is 0.706. The molecule has 3 rings (SSSR count). The predicted molar refractivity (Wildman–Crippen MR) is 98.4 cm³/mol. The van der Waals surface area contributed by atoms with Crippen LogP contribution in [0.5, 0.6) is 0 Å². The molecule has 3 atom stereocenters. The third kappa shape index (κ3) is 4.53. The van der Waals surface area contributed by atoms with Crippen molar-refractivity contribution < 1.29 is 16.8 Å². The van der Waals surface area contributed by atoms with Crippen molar-refractivity contribution in [3.05, 3.63) is 30.3 Å². The lowest BCUT2D eigenvalue weighted by Gasteiger charge is -2.18. The van der Waals surface area contributed by atoms with Crippen LogP contribution in [0, 0.1) is 11.8 Å². The maximum atomic E-state index is 12.4. The highest BCUT2D eigenvalue weighted by molar-refractivity contribution is 7.90. The average molecular weight is 410 g/mol. The molecule has 0 aromatic heterocycles. The van der Waals surface area contributed by atoms with Gasteiger partial charge in [0.1, 0.15) is 0 Å². The molecule has 0 amide bonds. The number of halogens is 1. The second-order valence-electron chi connectivity index (χ2n) is 6.51. The Morgan fingerprint density at radius 1 is 1.08 bits per heavy atom. The number of nitrogens with two attached hydrogens (primary N) is 1. The Morgan fingerprint density at radius 3 is 2.40 bits per heavy atom. The Bertz CT molecular complexity index is 786. The molecule has 0 radical (unpaired) electrons. The van der Waals surface area contributed by atoms with Gasteiger partial charge in [-0.05, 0) is 36.8 Å². The largest absolute Gasteiger partial charge is 0.327 e. The standard InChI is InChI=1S/C15H23N3O4S2.ClH/c16-15-7-6-12-10-18(11-14(12)15)23(19,20)9-8-17-24(21,22)13-4-2-1-3-5-13;/h1-5,12,14-15,17H,6-11,16H2;1H. The number of sulfonamides is 2. The van der Waals surface area contributed by atoms with E-state index in [9.17, 15) is 16.8 Å². The van der Waals surface area contributed by atoms with Crippen LogP contribution in [0.3, 0.4) is 0 Å². The lowest BCUT2D eigenvalue weighted by Crippen LogP contribution is -2.38. The van der Waals surface area contributed by atoms with Gasteiger partial charge < -0.3 is 5.73 Å². The van der Waals surface area contributed by atoms with Crippen LogP contribution in [0.2, 0.25) is 0 Å². The molecule has 1 aromatic carbocycles. The molecule has 2 fully saturated rings. The topological polar surface area (TPSA) is 110 Å². The smallest absolute Gasteiger partial charge is 0.240 e. The van der Waals surface area contributed by atoms with E-state index in [0.717, 1.165) is 12.8 Å². The van der Waals surface area contributed by atoms with E-state index < -0.39 is 20.0 Å². The summed E-state index contributed by atoms with van der Waals surface area (Å²) in [6.45, 7) is 0.823. The lowest BCUT2D eigenvalue weighted by molar-refractivity contribution is 0.427. The van der Waals surface area contributed by atoms with Gasteiger partial charge in [0.2, 0.25) is 20.0 Å². The maximum absolute atomic E-state index is 12.4. The van der Waals surface area contributed by atoms with E-state index in [1.54, 1.807) is 18.2 Å². The molecular weight excluding hydrogens is 386 g/mol. The second-order valence-corrected chi connectivity index (χ2v) is 10.4. The summed E-state index contributed by atoms with van der Waals surface area (Å²) in [7, 11) is -7.16. The van der Waals surface area contributed by atoms with Crippen LogP contribution in [0.25, 0.3) is 0 Å². The van der Waals surface area contributed by atoms with Gasteiger partial charge >= 0.3 is 0 Å². The first-order valence-electron chi connectivity index (χ1n) is 8.08. The van der Waals surface area contributed by atoms with Gasteiger partial charge in [-0.25, -0.2) is 25.9 Å². The summed E-state index contributed by atoms with van der Waals surface area (Å²) >= 11 is 0. The zero-order valence-electron chi connectivity index (χ0n) is 13.7. The Morgan fingerprint density at radius 2 is 1.76 bits per heavy atom. The highest BCUT2D eigenvalue weighted by atomic mass is 35.5. The molecule has 1 heterocycles. The maximum Gasteiger partial charge on any atom is 0.240 e. The van der Waals surface area contributed by atoms with Gasteiger partial charge in [0.05, 0.1) is 10.6 Å². The van der Waals surface area contributed by atoms with Crippen molar-refractivity contribution >= 4 is 32.5 Å². The fraction of sp³-hybridized carbons (Fsp3) is 0.600. The second kappa shape index (κ2) is 7.89. The monoisotopic (exact) mass is 409 g/mol. The van der Waals surface area contributed by atoms with Gasteiger partial charge in [0.15, 0.2) is 0 Å². The van der Waals surface area contributed by atoms with Crippen LogP contribution in [0.15, 0.2) is 35.2 Å². The van der Waals surface area contributed by atoms with E-state index in [0.29, 0.717) is 19.0 Å². The summed E-state index contributed by atoms with van der Waals surface area (Å²) < 4.78 is 52.9. The molecule has 1 aromatic rings. The van der Waals surface area contributed by atoms with Crippen molar-refractivity contribution in [2.24, 2.45) is 17.6 Å². The molecule has 1 aliphatic carbocycles. The molecule has 1 aliphatic heterocycles. The number of rotatable bonds is 6. The molecule has 3 unspecified atom stereocenters. The Hall–Kier alpha value is -0.710. The van der Waals surface area contributed by atoms with Crippen LogP contribution in [-0.2, 0) is 20.0 Å². The molecule has 0 spiro atoms. The van der Waals surface area contributed by atoms with Gasteiger partial charge in [-0.2, -0.15) is 0 Å². The summed E-state index contributed by atoms with van der Waals surface area (Å²) in [5, 5.41) is 0. The van der Waals surface area contributed by atoms with Crippen LogP contribution in [0.1, 0.15) is 12.8 Å². The van der Waals surface area contributed by atoms with Gasteiger partial charge in [-0.1, -0.05) is 18.2 Å². The number of nitrogens with zero attached hydrogens (tertiary/aromatic N) is 1. The van der Waals surface area contributed by atoms with Gasteiger partial charge in [0.25, 0.3) is 0 Å². The molecule has 1 saturated heterocycles. The molecule has 10 heteroatoms. The van der Waals surface area contributed by atoms with Crippen molar-refractivity contribution in [3.8, 4) is 0 Å². The molecule has 25 heavy (non-hydrogen) atoms. The third-order valence-electron chi connectivity index (χ3n) is 4.98. The minimum atomic E-state index is -3.68.